The number of aryl methyl sites for hydroxylation is 1. The van der Waals surface area contributed by atoms with Crippen molar-refractivity contribution < 1.29 is 21.7 Å². The van der Waals surface area contributed by atoms with E-state index in [1.807, 2.05) is 0 Å². The van der Waals surface area contributed by atoms with Gasteiger partial charge in [0.05, 0.1) is 0 Å². The standard InChI is InChI=1S/C4H5NO5S/c1-3-2-4(5-9-3)10-11(6,7)8/h2H,1H3,(H,6,7,8). The Bertz CT molecular complexity index is 339. The lowest BCUT2D eigenvalue weighted by molar-refractivity contribution is 0.344. The maximum atomic E-state index is 10.1. The predicted molar refractivity (Wildman–Crippen MR) is 33.4 cm³/mol. The fourth-order valence-corrected chi connectivity index (χ4v) is 0.785. The van der Waals surface area contributed by atoms with Gasteiger partial charge in [-0.05, 0) is 12.1 Å². The van der Waals surface area contributed by atoms with Crippen LogP contribution >= 0.6 is 0 Å². The van der Waals surface area contributed by atoms with E-state index >= 15 is 0 Å². The smallest absolute Gasteiger partial charge is 0.358 e. The largest absolute Gasteiger partial charge is 0.448 e. The van der Waals surface area contributed by atoms with Crippen LogP contribution in [-0.4, -0.2) is 18.1 Å². The molecular weight excluding hydrogens is 174 g/mol. The van der Waals surface area contributed by atoms with Crippen LogP contribution in [0.25, 0.3) is 0 Å². The van der Waals surface area contributed by atoms with Gasteiger partial charge in [-0.1, -0.05) is 0 Å². The maximum absolute atomic E-state index is 10.1. The molecule has 0 atom stereocenters. The summed E-state index contributed by atoms with van der Waals surface area (Å²) in [5.74, 6) is 0.105. The van der Waals surface area contributed by atoms with Gasteiger partial charge in [0.15, 0.2) is 0 Å². The Kier molecular flexibility index (Phi) is 1.83. The number of rotatable bonds is 2. The van der Waals surface area contributed by atoms with E-state index in [2.05, 4.69) is 13.9 Å². The van der Waals surface area contributed by atoms with E-state index in [4.69, 9.17) is 4.55 Å². The monoisotopic (exact) mass is 179 g/mol. The van der Waals surface area contributed by atoms with Gasteiger partial charge in [-0.3, -0.25) is 4.55 Å². The highest BCUT2D eigenvalue weighted by Gasteiger charge is 2.09. The highest BCUT2D eigenvalue weighted by atomic mass is 32.3. The van der Waals surface area contributed by atoms with Gasteiger partial charge in [0.1, 0.15) is 5.76 Å². The Morgan fingerprint density at radius 3 is 2.73 bits per heavy atom. The summed E-state index contributed by atoms with van der Waals surface area (Å²) in [5, 5.41) is 3.16. The van der Waals surface area contributed by atoms with E-state index in [0.29, 0.717) is 5.76 Å². The molecule has 0 aromatic carbocycles. The summed E-state index contributed by atoms with van der Waals surface area (Å²) < 4.78 is 36.7. The molecule has 1 aromatic heterocycles. The number of hydrogen-bond donors (Lipinski definition) is 1. The van der Waals surface area contributed by atoms with Crippen molar-refractivity contribution in [3.8, 4) is 5.88 Å². The van der Waals surface area contributed by atoms with Crippen molar-refractivity contribution in [3.05, 3.63) is 11.8 Å². The van der Waals surface area contributed by atoms with Crippen LogP contribution in [0.4, 0.5) is 0 Å². The van der Waals surface area contributed by atoms with E-state index in [0.717, 1.165) is 0 Å². The topological polar surface area (TPSA) is 89.6 Å². The average Bonchev–Trinajstić information content (AvgIpc) is 2.10. The zero-order valence-corrected chi connectivity index (χ0v) is 6.33. The number of hydrogen-bond acceptors (Lipinski definition) is 5. The van der Waals surface area contributed by atoms with Crippen molar-refractivity contribution in [1.82, 2.24) is 5.16 Å². The molecule has 0 amide bonds. The van der Waals surface area contributed by atoms with E-state index in [9.17, 15) is 8.42 Å². The summed E-state index contributed by atoms with van der Waals surface area (Å²) in [6.45, 7) is 1.56. The van der Waals surface area contributed by atoms with Gasteiger partial charge >= 0.3 is 10.4 Å². The molecule has 0 fully saturated rings. The molecule has 0 spiro atoms. The zero-order chi connectivity index (χ0) is 8.48. The normalized spacial score (nSPS) is 11.5. The molecule has 62 valence electrons. The second-order valence-corrected chi connectivity index (χ2v) is 2.81. The molecule has 7 heteroatoms. The molecule has 0 unspecified atom stereocenters. The van der Waals surface area contributed by atoms with E-state index in [1.165, 1.54) is 6.07 Å². The molecular formula is C4H5NO5S. The van der Waals surface area contributed by atoms with Crippen molar-refractivity contribution in [2.75, 3.05) is 0 Å². The lowest BCUT2D eigenvalue weighted by Crippen LogP contribution is -2.06. The summed E-state index contributed by atoms with van der Waals surface area (Å²) >= 11 is 0. The van der Waals surface area contributed by atoms with Crippen molar-refractivity contribution in [2.45, 2.75) is 6.92 Å². The Balaban J connectivity index is 2.81. The first-order chi connectivity index (χ1) is 4.97. The highest BCUT2D eigenvalue weighted by molar-refractivity contribution is 7.81. The van der Waals surface area contributed by atoms with Crippen molar-refractivity contribution in [3.63, 3.8) is 0 Å². The number of nitrogens with zero attached hydrogens (tertiary/aromatic N) is 1. The van der Waals surface area contributed by atoms with Crippen LogP contribution < -0.4 is 4.18 Å². The van der Waals surface area contributed by atoms with Crippen LogP contribution in [0.3, 0.4) is 0 Å². The zero-order valence-electron chi connectivity index (χ0n) is 5.51. The SMILES string of the molecule is Cc1cc(OS(=O)(=O)O)no1. The Labute approximate surface area is 62.7 Å². The summed E-state index contributed by atoms with van der Waals surface area (Å²) in [5.41, 5.74) is 0. The lowest BCUT2D eigenvalue weighted by Gasteiger charge is -1.91. The fraction of sp³-hybridized carbons (Fsp3) is 0.250. The fourth-order valence-electron chi connectivity index (χ4n) is 0.491. The summed E-state index contributed by atoms with van der Waals surface area (Å²) in [7, 11) is -4.49. The van der Waals surface area contributed by atoms with Gasteiger partial charge in [0, 0.05) is 6.07 Å². The van der Waals surface area contributed by atoms with Gasteiger partial charge in [0.25, 0.3) is 5.88 Å². The Morgan fingerprint density at radius 1 is 1.73 bits per heavy atom. The second-order valence-electron chi connectivity index (χ2n) is 1.79. The summed E-state index contributed by atoms with van der Waals surface area (Å²) in [6, 6.07) is 1.23. The maximum Gasteiger partial charge on any atom is 0.448 e. The minimum atomic E-state index is -4.49. The molecule has 0 radical (unpaired) electrons. The molecule has 1 N–H and O–H groups in total. The minimum absolute atomic E-state index is 0.287. The third-order valence-electron chi connectivity index (χ3n) is 0.797. The van der Waals surface area contributed by atoms with Gasteiger partial charge < -0.3 is 8.71 Å². The molecule has 0 aliphatic carbocycles. The van der Waals surface area contributed by atoms with Gasteiger partial charge in [-0.25, -0.2) is 0 Å². The molecule has 0 saturated carbocycles. The molecule has 6 nitrogen and oxygen atoms in total. The van der Waals surface area contributed by atoms with Crippen LogP contribution in [0.5, 0.6) is 5.88 Å². The molecule has 0 bridgehead atoms. The van der Waals surface area contributed by atoms with Gasteiger partial charge in [-0.2, -0.15) is 8.42 Å². The van der Waals surface area contributed by atoms with E-state index in [-0.39, 0.29) is 5.88 Å². The van der Waals surface area contributed by atoms with Crippen LogP contribution in [0, 0.1) is 6.92 Å². The van der Waals surface area contributed by atoms with Crippen LogP contribution in [0.15, 0.2) is 10.6 Å². The average molecular weight is 179 g/mol. The van der Waals surface area contributed by atoms with Gasteiger partial charge in [-0.15, -0.1) is 0 Å². The van der Waals surface area contributed by atoms with Crippen molar-refractivity contribution in [2.24, 2.45) is 0 Å². The first-order valence-electron chi connectivity index (χ1n) is 2.57. The molecule has 1 heterocycles. The molecule has 0 aliphatic rings. The Hall–Kier alpha value is -1.08. The van der Waals surface area contributed by atoms with Crippen LogP contribution in [0.2, 0.25) is 0 Å². The molecule has 11 heavy (non-hydrogen) atoms. The third-order valence-corrected chi connectivity index (χ3v) is 1.18. The van der Waals surface area contributed by atoms with E-state index in [1.54, 1.807) is 6.92 Å². The predicted octanol–water partition coefficient (Wildman–Crippen LogP) is 0.165. The third kappa shape index (κ3) is 2.56. The molecule has 1 rings (SSSR count). The lowest BCUT2D eigenvalue weighted by atomic mass is 10.5. The van der Waals surface area contributed by atoms with Crippen molar-refractivity contribution >= 4 is 10.4 Å². The second kappa shape index (κ2) is 2.51. The quantitative estimate of drug-likeness (QED) is 0.650. The summed E-state index contributed by atoms with van der Waals surface area (Å²) in [6.07, 6.45) is 0. The van der Waals surface area contributed by atoms with Crippen LogP contribution in [0.1, 0.15) is 5.76 Å². The van der Waals surface area contributed by atoms with Crippen LogP contribution in [-0.2, 0) is 10.4 Å². The molecule has 0 aliphatic heterocycles. The summed E-state index contributed by atoms with van der Waals surface area (Å²) in [4.78, 5) is 0. The first-order valence-corrected chi connectivity index (χ1v) is 3.94. The Morgan fingerprint density at radius 2 is 2.36 bits per heavy atom. The number of aromatic nitrogens is 1. The van der Waals surface area contributed by atoms with Gasteiger partial charge in [0.2, 0.25) is 0 Å². The van der Waals surface area contributed by atoms with E-state index < -0.39 is 10.4 Å². The molecule has 0 saturated heterocycles. The minimum Gasteiger partial charge on any atom is -0.358 e. The highest BCUT2D eigenvalue weighted by Crippen LogP contribution is 2.10. The molecule has 1 aromatic rings. The van der Waals surface area contributed by atoms with Crippen molar-refractivity contribution in [1.29, 1.82) is 0 Å². The first kappa shape index (κ1) is 8.02.